The third kappa shape index (κ3) is 2.52. The van der Waals surface area contributed by atoms with Gasteiger partial charge in [-0.1, -0.05) is 37.8 Å². The zero-order chi connectivity index (χ0) is 10.7. The minimum Gasteiger partial charge on any atom is -0.392 e. The Morgan fingerprint density at radius 3 is 2.88 bits per heavy atom. The van der Waals surface area contributed by atoms with Crippen LogP contribution >= 0.6 is 0 Å². The third-order valence-electron chi connectivity index (χ3n) is 2.55. The highest BCUT2D eigenvalue weighted by atomic mass is 16.2. The lowest BCUT2D eigenvalue weighted by molar-refractivity contribution is 0.342. The molecular weight excluding hydrogens is 198 g/mol. The summed E-state index contributed by atoms with van der Waals surface area (Å²) in [7, 11) is 2.08. The van der Waals surface area contributed by atoms with Crippen molar-refractivity contribution in [2.45, 2.75) is 7.43 Å². The van der Waals surface area contributed by atoms with Gasteiger partial charge >= 0.3 is 0 Å². The number of anilines is 1. The van der Waals surface area contributed by atoms with E-state index in [1.54, 1.807) is 6.08 Å². The standard InChI is InChI=1S/C13H15NO.CH4/c1-14-10-11(5-4-8-15)9-12-6-2-3-7-13(12)14;/h2-7,9,15H,8,10H2,1H3;1H4/b5-4+;. The Kier molecular flexibility index (Phi) is 4.32. The maximum Gasteiger partial charge on any atom is 0.0615 e. The van der Waals surface area contributed by atoms with Gasteiger partial charge in [0.25, 0.3) is 0 Å². The summed E-state index contributed by atoms with van der Waals surface area (Å²) in [6.45, 7) is 0.996. The molecule has 1 aromatic rings. The van der Waals surface area contributed by atoms with Gasteiger partial charge < -0.3 is 10.0 Å². The van der Waals surface area contributed by atoms with Gasteiger partial charge in [-0.05, 0) is 23.3 Å². The van der Waals surface area contributed by atoms with Gasteiger partial charge in [0.05, 0.1) is 6.61 Å². The molecule has 0 bridgehead atoms. The van der Waals surface area contributed by atoms with Gasteiger partial charge in [0.1, 0.15) is 0 Å². The van der Waals surface area contributed by atoms with E-state index < -0.39 is 0 Å². The van der Waals surface area contributed by atoms with Crippen molar-refractivity contribution in [2.24, 2.45) is 0 Å². The topological polar surface area (TPSA) is 23.5 Å². The van der Waals surface area contributed by atoms with Crippen LogP contribution in [-0.2, 0) is 0 Å². The van der Waals surface area contributed by atoms with Gasteiger partial charge in [-0.25, -0.2) is 0 Å². The fourth-order valence-electron chi connectivity index (χ4n) is 1.87. The lowest BCUT2D eigenvalue weighted by Crippen LogP contribution is -2.23. The third-order valence-corrected chi connectivity index (χ3v) is 2.55. The number of benzene rings is 1. The number of aliphatic hydroxyl groups is 1. The molecule has 1 aliphatic heterocycles. The van der Waals surface area contributed by atoms with Gasteiger partial charge in [-0.2, -0.15) is 0 Å². The lowest BCUT2D eigenvalue weighted by atomic mass is 10.0. The highest BCUT2D eigenvalue weighted by Crippen LogP contribution is 2.27. The van der Waals surface area contributed by atoms with Crippen LogP contribution in [-0.4, -0.2) is 25.3 Å². The molecule has 0 radical (unpaired) electrons. The predicted molar refractivity (Wildman–Crippen MR) is 70.6 cm³/mol. The lowest BCUT2D eigenvalue weighted by Gasteiger charge is -2.26. The second kappa shape index (κ2) is 5.52. The first kappa shape index (κ1) is 12.5. The van der Waals surface area contributed by atoms with Crippen LogP contribution in [0, 0.1) is 0 Å². The van der Waals surface area contributed by atoms with E-state index in [1.807, 2.05) is 12.1 Å². The van der Waals surface area contributed by atoms with Gasteiger partial charge in [0.15, 0.2) is 0 Å². The zero-order valence-electron chi connectivity index (χ0n) is 8.85. The van der Waals surface area contributed by atoms with E-state index in [9.17, 15) is 0 Å². The number of likely N-dealkylation sites (N-methyl/N-ethyl adjacent to an activating group) is 1. The van der Waals surface area contributed by atoms with E-state index in [2.05, 4.69) is 36.2 Å². The molecule has 16 heavy (non-hydrogen) atoms. The Morgan fingerprint density at radius 2 is 2.12 bits per heavy atom. The number of hydrogen-bond acceptors (Lipinski definition) is 2. The number of para-hydroxylation sites is 1. The molecule has 1 N–H and O–H groups in total. The minimum absolute atomic E-state index is 0. The Balaban J connectivity index is 0.00000128. The summed E-state index contributed by atoms with van der Waals surface area (Å²) in [5.74, 6) is 0. The highest BCUT2D eigenvalue weighted by Gasteiger charge is 2.11. The van der Waals surface area contributed by atoms with Crippen molar-refractivity contribution in [2.75, 3.05) is 25.1 Å². The highest BCUT2D eigenvalue weighted by molar-refractivity contribution is 5.74. The van der Waals surface area contributed by atoms with E-state index >= 15 is 0 Å². The Labute approximate surface area is 97.5 Å². The minimum atomic E-state index is 0. The van der Waals surface area contributed by atoms with Crippen molar-refractivity contribution in [1.82, 2.24) is 0 Å². The summed E-state index contributed by atoms with van der Waals surface area (Å²) in [6.07, 6.45) is 5.92. The summed E-state index contributed by atoms with van der Waals surface area (Å²) >= 11 is 0. The molecule has 86 valence electrons. The molecule has 0 atom stereocenters. The summed E-state index contributed by atoms with van der Waals surface area (Å²) in [5, 5.41) is 8.73. The summed E-state index contributed by atoms with van der Waals surface area (Å²) in [5.41, 5.74) is 3.73. The molecule has 2 heteroatoms. The van der Waals surface area contributed by atoms with Crippen molar-refractivity contribution in [3.8, 4) is 0 Å². The van der Waals surface area contributed by atoms with Gasteiger partial charge in [-0.15, -0.1) is 0 Å². The summed E-state index contributed by atoms with van der Waals surface area (Å²) in [6, 6.07) is 8.33. The monoisotopic (exact) mass is 217 g/mol. The molecule has 0 saturated heterocycles. The number of fused-ring (bicyclic) bond motifs is 1. The summed E-state index contributed by atoms with van der Waals surface area (Å²) in [4.78, 5) is 2.21. The van der Waals surface area contributed by atoms with Crippen LogP contribution < -0.4 is 4.90 Å². The Morgan fingerprint density at radius 1 is 1.38 bits per heavy atom. The first-order chi connectivity index (χ1) is 7.31. The van der Waals surface area contributed by atoms with Crippen LogP contribution in [0.25, 0.3) is 6.08 Å². The normalized spacial score (nSPS) is 14.4. The fourth-order valence-corrected chi connectivity index (χ4v) is 1.87. The second-order valence-corrected chi connectivity index (χ2v) is 3.72. The van der Waals surface area contributed by atoms with E-state index in [-0.39, 0.29) is 14.0 Å². The van der Waals surface area contributed by atoms with Crippen molar-refractivity contribution < 1.29 is 5.11 Å². The van der Waals surface area contributed by atoms with Crippen LogP contribution in [0.1, 0.15) is 13.0 Å². The van der Waals surface area contributed by atoms with Gasteiger partial charge in [-0.3, -0.25) is 0 Å². The van der Waals surface area contributed by atoms with E-state index in [1.165, 1.54) is 16.8 Å². The molecular formula is C14H19NO. The maximum atomic E-state index is 8.73. The quantitative estimate of drug-likeness (QED) is 0.823. The summed E-state index contributed by atoms with van der Waals surface area (Å²) < 4.78 is 0. The number of rotatable bonds is 2. The average molecular weight is 217 g/mol. The largest absolute Gasteiger partial charge is 0.392 e. The molecule has 0 saturated carbocycles. The second-order valence-electron chi connectivity index (χ2n) is 3.72. The SMILES string of the molecule is C.CN1CC(/C=C/CO)=Cc2ccccc21. The Hall–Kier alpha value is -1.54. The molecule has 1 aromatic carbocycles. The van der Waals surface area contributed by atoms with Crippen molar-refractivity contribution in [3.05, 3.63) is 47.6 Å². The number of nitrogens with zero attached hydrogens (tertiary/aromatic N) is 1. The number of aliphatic hydroxyl groups excluding tert-OH is 1. The van der Waals surface area contributed by atoms with Crippen LogP contribution in [0.5, 0.6) is 0 Å². The fraction of sp³-hybridized carbons (Fsp3) is 0.286. The van der Waals surface area contributed by atoms with Crippen molar-refractivity contribution in [1.29, 1.82) is 0 Å². The van der Waals surface area contributed by atoms with Crippen LogP contribution in [0.4, 0.5) is 5.69 Å². The number of hydrogen-bond donors (Lipinski definition) is 1. The zero-order valence-corrected chi connectivity index (χ0v) is 8.85. The van der Waals surface area contributed by atoms with E-state index in [0.29, 0.717) is 0 Å². The molecule has 0 spiro atoms. The van der Waals surface area contributed by atoms with Crippen LogP contribution in [0.2, 0.25) is 0 Å². The van der Waals surface area contributed by atoms with E-state index in [4.69, 9.17) is 5.11 Å². The molecule has 2 nitrogen and oxygen atoms in total. The van der Waals surface area contributed by atoms with Crippen molar-refractivity contribution >= 4 is 11.8 Å². The molecule has 0 aromatic heterocycles. The first-order valence-electron chi connectivity index (χ1n) is 5.09. The molecule has 1 aliphatic rings. The molecule has 0 amide bonds. The average Bonchev–Trinajstić information content (AvgIpc) is 2.26. The molecule has 0 aliphatic carbocycles. The Bertz CT molecular complexity index is 407. The van der Waals surface area contributed by atoms with E-state index in [0.717, 1.165) is 6.54 Å². The maximum absolute atomic E-state index is 8.73. The predicted octanol–water partition coefficient (Wildman–Crippen LogP) is 2.70. The van der Waals surface area contributed by atoms with Crippen LogP contribution in [0.3, 0.4) is 0 Å². The first-order valence-corrected chi connectivity index (χ1v) is 5.09. The van der Waals surface area contributed by atoms with Crippen molar-refractivity contribution in [3.63, 3.8) is 0 Å². The molecule has 2 rings (SSSR count). The van der Waals surface area contributed by atoms with Gasteiger partial charge in [0, 0.05) is 19.3 Å². The smallest absolute Gasteiger partial charge is 0.0615 e. The van der Waals surface area contributed by atoms with Crippen LogP contribution in [0.15, 0.2) is 42.0 Å². The molecule has 0 fully saturated rings. The van der Waals surface area contributed by atoms with Gasteiger partial charge in [0.2, 0.25) is 0 Å². The molecule has 1 heterocycles. The molecule has 0 unspecified atom stereocenters.